The minimum atomic E-state index is -5.77. The molecule has 1 aliphatic rings. The Morgan fingerprint density at radius 3 is 1.75 bits per heavy atom. The molecule has 0 atom stereocenters. The molecule has 1 heterocycles. The Bertz CT molecular complexity index is 588. The van der Waals surface area contributed by atoms with E-state index in [-0.39, 0.29) is 0 Å². The zero-order chi connectivity index (χ0) is 15.7. The molecule has 0 radical (unpaired) electrons. The Labute approximate surface area is 107 Å². The van der Waals surface area contributed by atoms with Gasteiger partial charge in [0.25, 0.3) is 0 Å². The number of alkyl halides is 7. The van der Waals surface area contributed by atoms with E-state index < -0.39 is 62.6 Å². The Kier molecular flexibility index (Phi) is 3.02. The Balaban J connectivity index is 2.88. The molecule has 0 aromatic heterocycles. The zero-order valence-electron chi connectivity index (χ0n) is 8.69. The lowest BCUT2D eigenvalue weighted by molar-refractivity contribution is -0.157. The molecular weight excluding hydrogens is 330 g/mol. The van der Waals surface area contributed by atoms with Crippen LogP contribution >= 0.6 is 11.8 Å². The number of halogens is 10. The molecule has 0 bridgehead atoms. The molecule has 1 aromatic carbocycles. The Hall–Kier alpha value is -1.13. The van der Waals surface area contributed by atoms with Gasteiger partial charge in [0.05, 0.1) is 10.5 Å². The molecule has 0 fully saturated rings. The first-order valence-corrected chi connectivity index (χ1v) is 5.36. The Morgan fingerprint density at radius 2 is 1.30 bits per heavy atom. The van der Waals surface area contributed by atoms with Crippen molar-refractivity contribution in [1.82, 2.24) is 0 Å². The molecule has 112 valence electrons. The maximum atomic E-state index is 13.4. The first-order valence-electron chi connectivity index (χ1n) is 4.55. The first kappa shape index (κ1) is 15.3. The average molecular weight is 330 g/mol. The topological polar surface area (TPSA) is 0 Å². The predicted molar refractivity (Wildman–Crippen MR) is 46.0 cm³/mol. The van der Waals surface area contributed by atoms with E-state index in [1.54, 1.807) is 0 Å². The predicted octanol–water partition coefficient (Wildman–Crippen LogP) is 4.91. The van der Waals surface area contributed by atoms with E-state index in [1.807, 2.05) is 0 Å². The van der Waals surface area contributed by atoms with Crippen molar-refractivity contribution in [1.29, 1.82) is 0 Å². The fraction of sp³-hybridized carbons (Fsp3) is 0.333. The second-order valence-electron chi connectivity index (χ2n) is 3.71. The molecule has 2 rings (SSSR count). The molecule has 1 aliphatic heterocycles. The van der Waals surface area contributed by atoms with Crippen molar-refractivity contribution in [2.45, 2.75) is 22.2 Å². The van der Waals surface area contributed by atoms with Gasteiger partial charge in [0.1, 0.15) is 5.56 Å². The third-order valence-corrected chi connectivity index (χ3v) is 3.57. The summed E-state index contributed by atoms with van der Waals surface area (Å²) < 4.78 is 129. The van der Waals surface area contributed by atoms with Crippen molar-refractivity contribution < 1.29 is 43.9 Å². The van der Waals surface area contributed by atoms with E-state index in [1.165, 1.54) is 0 Å². The van der Waals surface area contributed by atoms with Crippen LogP contribution in [0.15, 0.2) is 4.90 Å². The van der Waals surface area contributed by atoms with Crippen LogP contribution in [0.25, 0.3) is 0 Å². The summed E-state index contributed by atoms with van der Waals surface area (Å²) in [6.07, 6.45) is -5.77. The van der Waals surface area contributed by atoms with E-state index in [4.69, 9.17) is 0 Å². The van der Waals surface area contributed by atoms with Gasteiger partial charge in [-0.1, -0.05) is 0 Å². The summed E-state index contributed by atoms with van der Waals surface area (Å²) in [5.41, 5.74) is -5.23. The van der Waals surface area contributed by atoms with E-state index in [0.29, 0.717) is 0 Å². The smallest absolute Gasteiger partial charge is 0.205 e. The molecule has 0 nitrogen and oxygen atoms in total. The minimum absolute atomic E-state index is 1.28. The van der Waals surface area contributed by atoms with Crippen LogP contribution in [-0.4, -0.2) is 5.25 Å². The van der Waals surface area contributed by atoms with Crippen molar-refractivity contribution in [2.24, 2.45) is 0 Å². The molecule has 0 amide bonds. The first-order chi connectivity index (χ1) is 8.82. The molecule has 0 saturated carbocycles. The van der Waals surface area contributed by atoms with Crippen LogP contribution < -0.4 is 0 Å². The van der Waals surface area contributed by atoms with Gasteiger partial charge < -0.3 is 0 Å². The molecular formula is C9F10S. The van der Waals surface area contributed by atoms with Gasteiger partial charge in [-0.15, -0.1) is 0 Å². The van der Waals surface area contributed by atoms with Crippen LogP contribution in [0.2, 0.25) is 0 Å². The second kappa shape index (κ2) is 3.95. The fourth-order valence-corrected chi connectivity index (χ4v) is 2.60. The van der Waals surface area contributed by atoms with Crippen molar-refractivity contribution in [3.8, 4) is 0 Å². The molecule has 11 heteroatoms. The zero-order valence-corrected chi connectivity index (χ0v) is 9.50. The van der Waals surface area contributed by atoms with Gasteiger partial charge in [0.15, 0.2) is 17.5 Å². The Morgan fingerprint density at radius 1 is 0.800 bits per heavy atom. The van der Waals surface area contributed by atoms with Crippen molar-refractivity contribution >= 4 is 11.8 Å². The highest BCUT2D eigenvalue weighted by Gasteiger charge is 2.67. The SMILES string of the molecule is Fc1c(F)c2c(c(F)c1C(F)(F)F)SC(F)(F)C2(F)F. The summed E-state index contributed by atoms with van der Waals surface area (Å²) in [6.45, 7) is 0. The lowest BCUT2D eigenvalue weighted by Gasteiger charge is -2.18. The van der Waals surface area contributed by atoms with E-state index >= 15 is 0 Å². The summed E-state index contributed by atoms with van der Waals surface area (Å²) in [7, 11) is 0. The summed E-state index contributed by atoms with van der Waals surface area (Å²) in [5.74, 6) is -13.8. The quantitative estimate of drug-likeness (QED) is 0.481. The number of rotatable bonds is 0. The van der Waals surface area contributed by atoms with Crippen LogP contribution in [-0.2, 0) is 12.1 Å². The van der Waals surface area contributed by atoms with Crippen molar-refractivity contribution in [2.75, 3.05) is 0 Å². The molecule has 0 saturated heterocycles. The van der Waals surface area contributed by atoms with Gasteiger partial charge in [0.2, 0.25) is 0 Å². The molecule has 0 N–H and O–H groups in total. The molecule has 0 spiro atoms. The van der Waals surface area contributed by atoms with Gasteiger partial charge in [-0.25, -0.2) is 13.2 Å². The number of thioether (sulfide) groups is 1. The maximum absolute atomic E-state index is 13.4. The number of fused-ring (bicyclic) bond motifs is 1. The highest BCUT2D eigenvalue weighted by Crippen LogP contribution is 2.62. The summed E-state index contributed by atoms with van der Waals surface area (Å²) in [5, 5.41) is -5.09. The summed E-state index contributed by atoms with van der Waals surface area (Å²) in [4.78, 5) is -1.95. The third kappa shape index (κ3) is 1.78. The monoisotopic (exact) mass is 330 g/mol. The average Bonchev–Trinajstić information content (AvgIpc) is 2.41. The van der Waals surface area contributed by atoms with Gasteiger partial charge in [-0.05, 0) is 11.8 Å². The highest BCUT2D eigenvalue weighted by atomic mass is 32.2. The molecule has 0 unspecified atom stereocenters. The second-order valence-corrected chi connectivity index (χ2v) is 4.84. The van der Waals surface area contributed by atoms with E-state index in [2.05, 4.69) is 0 Å². The van der Waals surface area contributed by atoms with E-state index in [0.717, 1.165) is 0 Å². The molecule has 20 heavy (non-hydrogen) atoms. The normalized spacial score (nSPS) is 20.1. The lowest BCUT2D eigenvalue weighted by atomic mass is 10.0. The standard InChI is InChI=1S/C9F10S/c10-3-1(8(15,16)17)5(12)6-2(4(3)11)7(13,14)9(18,19)20-6. The van der Waals surface area contributed by atoms with Crippen molar-refractivity contribution in [3.63, 3.8) is 0 Å². The largest absolute Gasteiger partial charge is 0.422 e. The van der Waals surface area contributed by atoms with Gasteiger partial charge in [0, 0.05) is 0 Å². The molecule has 0 aliphatic carbocycles. The fourth-order valence-electron chi connectivity index (χ4n) is 1.60. The van der Waals surface area contributed by atoms with Crippen LogP contribution in [0, 0.1) is 17.5 Å². The van der Waals surface area contributed by atoms with Crippen LogP contribution in [0.5, 0.6) is 0 Å². The summed E-state index contributed by atoms with van der Waals surface area (Å²) >= 11 is -1.28. The summed E-state index contributed by atoms with van der Waals surface area (Å²) in [6, 6.07) is 0. The van der Waals surface area contributed by atoms with Gasteiger partial charge in [-0.3, -0.25) is 0 Å². The lowest BCUT2D eigenvalue weighted by Crippen LogP contribution is -2.31. The van der Waals surface area contributed by atoms with E-state index in [9.17, 15) is 43.9 Å². The highest BCUT2D eigenvalue weighted by molar-refractivity contribution is 8.00. The van der Waals surface area contributed by atoms with Gasteiger partial charge in [-0.2, -0.15) is 30.7 Å². The third-order valence-electron chi connectivity index (χ3n) is 2.47. The van der Waals surface area contributed by atoms with Gasteiger partial charge >= 0.3 is 17.4 Å². The number of hydrogen-bond donors (Lipinski definition) is 0. The van der Waals surface area contributed by atoms with Crippen LogP contribution in [0.1, 0.15) is 11.1 Å². The molecule has 1 aromatic rings. The van der Waals surface area contributed by atoms with Crippen LogP contribution in [0.4, 0.5) is 43.9 Å². The number of hydrogen-bond acceptors (Lipinski definition) is 1. The van der Waals surface area contributed by atoms with Crippen molar-refractivity contribution in [3.05, 3.63) is 28.6 Å². The minimum Gasteiger partial charge on any atom is -0.205 e. The van der Waals surface area contributed by atoms with Crippen LogP contribution in [0.3, 0.4) is 0 Å². The maximum Gasteiger partial charge on any atom is 0.422 e. The number of benzene rings is 1.